The molecule has 2 aliphatic heterocycles. The summed E-state index contributed by atoms with van der Waals surface area (Å²) in [4.78, 5) is 20.1. The van der Waals surface area contributed by atoms with Gasteiger partial charge in [0.1, 0.15) is 0 Å². The lowest BCUT2D eigenvalue weighted by Gasteiger charge is -2.27. The fourth-order valence-corrected chi connectivity index (χ4v) is 6.82. The van der Waals surface area contributed by atoms with Gasteiger partial charge in [0, 0.05) is 23.0 Å². The Kier molecular flexibility index (Phi) is 6.87. The highest BCUT2D eigenvalue weighted by atomic mass is 19.4. The van der Waals surface area contributed by atoms with E-state index >= 15 is 0 Å². The molecule has 0 spiro atoms. The van der Waals surface area contributed by atoms with E-state index in [1.54, 1.807) is 13.0 Å². The van der Waals surface area contributed by atoms with Gasteiger partial charge >= 0.3 is 12.2 Å². The predicted octanol–water partition coefficient (Wildman–Crippen LogP) is 8.95. The van der Waals surface area contributed by atoms with E-state index in [9.17, 15) is 18.0 Å². The van der Waals surface area contributed by atoms with Gasteiger partial charge in [0.2, 0.25) is 0 Å². The molecule has 0 saturated carbocycles. The van der Waals surface area contributed by atoms with E-state index < -0.39 is 17.8 Å². The third-order valence-corrected chi connectivity index (χ3v) is 8.75. The maximum atomic E-state index is 13.6. The van der Waals surface area contributed by atoms with Gasteiger partial charge in [-0.05, 0) is 93.5 Å². The van der Waals surface area contributed by atoms with Crippen molar-refractivity contribution in [1.82, 2.24) is 15.2 Å². The molecular formula is C35H34F3N3O. The second-order valence-corrected chi connectivity index (χ2v) is 11.9. The minimum Gasteiger partial charge on any atom is -0.329 e. The molecule has 3 heterocycles. The number of hydrogen-bond donors (Lipinski definition) is 1. The largest absolute Gasteiger partial charge is 0.416 e. The van der Waals surface area contributed by atoms with E-state index in [1.807, 2.05) is 24.9 Å². The molecule has 0 unspecified atom stereocenters. The maximum absolute atomic E-state index is 13.6. The molecule has 0 aliphatic carbocycles. The number of nitrogens with zero attached hydrogens (tertiary/aromatic N) is 2. The van der Waals surface area contributed by atoms with E-state index in [0.29, 0.717) is 17.5 Å². The van der Waals surface area contributed by atoms with Crippen LogP contribution in [0.1, 0.15) is 69.6 Å². The number of carbonyl (C=O) groups excluding carboxylic acids is 1. The van der Waals surface area contributed by atoms with E-state index in [-0.39, 0.29) is 18.1 Å². The topological polar surface area (TPSA) is 45.2 Å². The van der Waals surface area contributed by atoms with E-state index in [1.165, 1.54) is 17.2 Å². The minimum atomic E-state index is -4.45. The van der Waals surface area contributed by atoms with Gasteiger partial charge < -0.3 is 10.2 Å². The van der Waals surface area contributed by atoms with Crippen molar-refractivity contribution in [2.24, 2.45) is 0 Å². The van der Waals surface area contributed by atoms with Crippen LogP contribution in [0.4, 0.5) is 18.0 Å². The highest BCUT2D eigenvalue weighted by Gasteiger charge is 2.49. The number of amides is 2. The number of pyridine rings is 1. The Labute approximate surface area is 244 Å². The summed E-state index contributed by atoms with van der Waals surface area (Å²) < 4.78 is 40.8. The molecule has 3 aromatic carbocycles. The van der Waals surface area contributed by atoms with Crippen molar-refractivity contribution in [3.63, 3.8) is 0 Å². The molecular weight excluding hydrogens is 535 g/mol. The summed E-state index contributed by atoms with van der Waals surface area (Å²) >= 11 is 0. The fourth-order valence-electron chi connectivity index (χ4n) is 6.82. The number of nitrogens with one attached hydrogen (secondary N) is 1. The first-order chi connectivity index (χ1) is 19.9. The molecule has 2 aliphatic rings. The molecule has 4 nitrogen and oxygen atoms in total. The van der Waals surface area contributed by atoms with E-state index in [0.717, 1.165) is 51.6 Å². The SMILES string of the molecule is Cc1cc([C@H]2NC(=O)N3[C@H](c4cc(C)ccc4-c4cc(-c5ccc(C)cc5C)cnc4C)CC[C@@H]23)cc(C(F)(F)F)c1. The van der Waals surface area contributed by atoms with Crippen LogP contribution in [0.5, 0.6) is 0 Å². The third-order valence-electron chi connectivity index (χ3n) is 8.75. The molecule has 1 aromatic heterocycles. The minimum absolute atomic E-state index is 0.203. The van der Waals surface area contributed by atoms with Crippen molar-refractivity contribution in [1.29, 1.82) is 0 Å². The van der Waals surface area contributed by atoms with Crippen LogP contribution in [0, 0.1) is 34.6 Å². The van der Waals surface area contributed by atoms with Gasteiger partial charge in [-0.3, -0.25) is 4.98 Å². The van der Waals surface area contributed by atoms with Crippen molar-refractivity contribution < 1.29 is 18.0 Å². The van der Waals surface area contributed by atoms with Crippen LogP contribution in [0.15, 0.2) is 66.9 Å². The van der Waals surface area contributed by atoms with Crippen LogP contribution in [0.25, 0.3) is 22.3 Å². The quantitative estimate of drug-likeness (QED) is 0.267. The van der Waals surface area contributed by atoms with Gasteiger partial charge in [-0.25, -0.2) is 4.79 Å². The van der Waals surface area contributed by atoms with Gasteiger partial charge in [-0.2, -0.15) is 13.2 Å². The molecule has 42 heavy (non-hydrogen) atoms. The van der Waals surface area contributed by atoms with Gasteiger partial charge in [0.05, 0.1) is 23.7 Å². The molecule has 2 fully saturated rings. The highest BCUT2D eigenvalue weighted by molar-refractivity contribution is 5.81. The zero-order chi connectivity index (χ0) is 29.9. The smallest absolute Gasteiger partial charge is 0.329 e. The predicted molar refractivity (Wildman–Crippen MR) is 159 cm³/mol. The van der Waals surface area contributed by atoms with Crippen LogP contribution >= 0.6 is 0 Å². The molecule has 6 rings (SSSR count). The Bertz CT molecular complexity index is 1710. The van der Waals surface area contributed by atoms with E-state index in [4.69, 9.17) is 4.98 Å². The fraction of sp³-hybridized carbons (Fsp3) is 0.314. The number of aryl methyl sites for hydroxylation is 5. The lowest BCUT2D eigenvalue weighted by atomic mass is 9.89. The summed E-state index contributed by atoms with van der Waals surface area (Å²) in [5.41, 5.74) is 9.92. The molecule has 0 bridgehead atoms. The summed E-state index contributed by atoms with van der Waals surface area (Å²) in [5.74, 6) is 0. The molecule has 2 saturated heterocycles. The Hall–Kier alpha value is -4.13. The van der Waals surface area contributed by atoms with Gasteiger partial charge in [-0.1, -0.05) is 59.2 Å². The Morgan fingerprint density at radius 1 is 0.810 bits per heavy atom. The van der Waals surface area contributed by atoms with Crippen molar-refractivity contribution in [2.45, 2.75) is 71.8 Å². The number of hydrogen-bond acceptors (Lipinski definition) is 2. The van der Waals surface area contributed by atoms with Crippen molar-refractivity contribution in [2.75, 3.05) is 0 Å². The first-order valence-corrected chi connectivity index (χ1v) is 14.3. The molecule has 4 aromatic rings. The average Bonchev–Trinajstić information content (AvgIpc) is 3.50. The number of fused-ring (bicyclic) bond motifs is 1. The zero-order valence-corrected chi connectivity index (χ0v) is 24.4. The number of alkyl halides is 3. The Balaban J connectivity index is 1.39. The van der Waals surface area contributed by atoms with Crippen LogP contribution in [-0.2, 0) is 6.18 Å². The highest BCUT2D eigenvalue weighted by Crippen LogP contribution is 2.48. The van der Waals surface area contributed by atoms with Crippen molar-refractivity contribution >= 4 is 6.03 Å². The van der Waals surface area contributed by atoms with Gasteiger partial charge in [-0.15, -0.1) is 0 Å². The summed E-state index contributed by atoms with van der Waals surface area (Å²) in [6, 6.07) is 17.8. The van der Waals surface area contributed by atoms with Crippen LogP contribution in [0.2, 0.25) is 0 Å². The molecule has 216 valence electrons. The Morgan fingerprint density at radius 3 is 2.24 bits per heavy atom. The molecule has 2 amide bonds. The van der Waals surface area contributed by atoms with Crippen molar-refractivity contribution in [3.05, 3.63) is 111 Å². The summed E-state index contributed by atoms with van der Waals surface area (Å²) in [6.07, 6.45) is -1.12. The number of rotatable bonds is 4. The number of benzene rings is 3. The normalized spacial score (nSPS) is 20.1. The number of halogens is 3. The molecule has 0 radical (unpaired) electrons. The standard InChI is InChI=1S/C35H34F3N3O/c1-19-6-8-27(22(4)12-19)25-17-29(23(5)39-18-25)28-9-7-20(2)15-30(28)31-10-11-32-33(40-34(42)41(31)32)24-13-21(3)14-26(16-24)35(36,37)38/h6-9,12-18,31-33H,10-11H2,1-5H3,(H,40,42)/t31-,32-,33+/m0/s1. The monoisotopic (exact) mass is 569 g/mol. The lowest BCUT2D eigenvalue weighted by Crippen LogP contribution is -2.32. The van der Waals surface area contributed by atoms with Crippen LogP contribution < -0.4 is 5.32 Å². The van der Waals surface area contributed by atoms with Gasteiger partial charge in [0.25, 0.3) is 0 Å². The zero-order valence-electron chi connectivity index (χ0n) is 24.4. The first kappa shape index (κ1) is 28.0. The van der Waals surface area contributed by atoms with Crippen LogP contribution in [0.3, 0.4) is 0 Å². The lowest BCUT2D eigenvalue weighted by molar-refractivity contribution is -0.137. The van der Waals surface area contributed by atoms with Gasteiger partial charge in [0.15, 0.2) is 0 Å². The molecule has 1 N–H and O–H groups in total. The summed E-state index contributed by atoms with van der Waals surface area (Å²) in [5, 5.41) is 3.01. The summed E-state index contributed by atoms with van der Waals surface area (Å²) in [7, 11) is 0. The Morgan fingerprint density at radius 2 is 1.52 bits per heavy atom. The third kappa shape index (κ3) is 4.95. The second kappa shape index (κ2) is 10.3. The molecule has 7 heteroatoms. The summed E-state index contributed by atoms with van der Waals surface area (Å²) in [6.45, 7) is 9.88. The maximum Gasteiger partial charge on any atom is 0.416 e. The van der Waals surface area contributed by atoms with Crippen molar-refractivity contribution in [3.8, 4) is 22.3 Å². The number of aromatic nitrogens is 1. The van der Waals surface area contributed by atoms with Crippen LogP contribution in [-0.4, -0.2) is 22.0 Å². The average molecular weight is 570 g/mol. The van der Waals surface area contributed by atoms with E-state index in [2.05, 4.69) is 61.6 Å². The number of carbonyl (C=O) groups is 1. The molecule has 3 atom stereocenters. The first-order valence-electron chi connectivity index (χ1n) is 14.3. The number of urea groups is 1. The second-order valence-electron chi connectivity index (χ2n) is 11.9.